The number of aryl methyl sites for hydroxylation is 2. The predicted molar refractivity (Wildman–Crippen MR) is 57.1 cm³/mol. The summed E-state index contributed by atoms with van der Waals surface area (Å²) in [6, 6.07) is 0. The summed E-state index contributed by atoms with van der Waals surface area (Å²) in [5, 5.41) is 4.32. The topological polar surface area (TPSA) is 30.7 Å². The Morgan fingerprint density at radius 1 is 1.46 bits per heavy atom. The molecular formula is C9H17N3S. The van der Waals surface area contributed by atoms with Crippen LogP contribution in [0, 0.1) is 19.8 Å². The Balaban J connectivity index is 2.67. The molecule has 0 spiro atoms. The van der Waals surface area contributed by atoms with Gasteiger partial charge in [-0.1, -0.05) is 13.3 Å². The van der Waals surface area contributed by atoms with Crippen molar-refractivity contribution in [2.45, 2.75) is 33.7 Å². The van der Waals surface area contributed by atoms with Crippen LogP contribution < -0.4 is 0 Å². The number of hydrogen-bond acceptors (Lipinski definition) is 3. The van der Waals surface area contributed by atoms with Crippen molar-refractivity contribution >= 4 is 12.6 Å². The van der Waals surface area contributed by atoms with E-state index in [0.717, 1.165) is 30.4 Å². The van der Waals surface area contributed by atoms with Gasteiger partial charge in [0.2, 0.25) is 0 Å². The molecule has 1 rings (SSSR count). The second-order valence-electron chi connectivity index (χ2n) is 3.35. The van der Waals surface area contributed by atoms with Crippen LogP contribution in [-0.4, -0.2) is 20.5 Å². The van der Waals surface area contributed by atoms with E-state index in [1.807, 2.05) is 18.5 Å². The van der Waals surface area contributed by atoms with Crippen LogP contribution in [0.1, 0.15) is 25.0 Å². The smallest absolute Gasteiger partial charge is 0.147 e. The fourth-order valence-corrected chi connectivity index (χ4v) is 1.67. The predicted octanol–water partition coefficient (Wildman–Crippen LogP) is 1.85. The monoisotopic (exact) mass is 199 g/mol. The molecule has 1 aromatic heterocycles. The standard InChI is InChI=1S/C9H17N3S/c1-4-9(6-13)5-12-8(3)10-7(2)11-12/h9,13H,4-6H2,1-3H3. The first kappa shape index (κ1) is 10.6. The van der Waals surface area contributed by atoms with Crippen molar-refractivity contribution < 1.29 is 0 Å². The van der Waals surface area contributed by atoms with E-state index in [2.05, 4.69) is 29.6 Å². The van der Waals surface area contributed by atoms with E-state index in [1.165, 1.54) is 0 Å². The fraction of sp³-hybridized carbons (Fsp3) is 0.778. The van der Waals surface area contributed by atoms with Crippen LogP contribution in [0.25, 0.3) is 0 Å². The van der Waals surface area contributed by atoms with Gasteiger partial charge in [-0.15, -0.1) is 0 Å². The third-order valence-corrected chi connectivity index (χ3v) is 2.75. The first-order valence-electron chi connectivity index (χ1n) is 4.66. The molecule has 0 aromatic carbocycles. The van der Waals surface area contributed by atoms with Gasteiger partial charge in [0.15, 0.2) is 0 Å². The minimum absolute atomic E-state index is 0.600. The van der Waals surface area contributed by atoms with Crippen molar-refractivity contribution in [3.05, 3.63) is 11.6 Å². The van der Waals surface area contributed by atoms with Crippen molar-refractivity contribution in [2.24, 2.45) is 5.92 Å². The van der Waals surface area contributed by atoms with Crippen LogP contribution in [-0.2, 0) is 6.54 Å². The molecule has 0 aliphatic heterocycles. The van der Waals surface area contributed by atoms with E-state index in [0.29, 0.717) is 5.92 Å². The van der Waals surface area contributed by atoms with Crippen molar-refractivity contribution in [1.29, 1.82) is 0 Å². The van der Waals surface area contributed by atoms with Crippen LogP contribution in [0.4, 0.5) is 0 Å². The van der Waals surface area contributed by atoms with Gasteiger partial charge < -0.3 is 0 Å². The molecule has 0 radical (unpaired) electrons. The summed E-state index contributed by atoms with van der Waals surface area (Å²) in [5.41, 5.74) is 0. The van der Waals surface area contributed by atoms with Gasteiger partial charge in [-0.05, 0) is 25.5 Å². The maximum Gasteiger partial charge on any atom is 0.147 e. The SMILES string of the molecule is CCC(CS)Cn1nc(C)nc1C. The Morgan fingerprint density at radius 2 is 2.15 bits per heavy atom. The second-order valence-corrected chi connectivity index (χ2v) is 3.71. The van der Waals surface area contributed by atoms with Crippen molar-refractivity contribution in [1.82, 2.24) is 14.8 Å². The lowest BCUT2D eigenvalue weighted by Crippen LogP contribution is -2.14. The first-order valence-corrected chi connectivity index (χ1v) is 5.29. The number of hydrogen-bond donors (Lipinski definition) is 1. The third-order valence-electron chi connectivity index (χ3n) is 2.23. The van der Waals surface area contributed by atoms with E-state index >= 15 is 0 Å². The number of aromatic nitrogens is 3. The zero-order chi connectivity index (χ0) is 9.84. The molecule has 1 atom stereocenters. The van der Waals surface area contributed by atoms with Crippen LogP contribution >= 0.6 is 12.6 Å². The summed E-state index contributed by atoms with van der Waals surface area (Å²) < 4.78 is 1.97. The Labute approximate surface area is 85.0 Å². The summed E-state index contributed by atoms with van der Waals surface area (Å²) >= 11 is 4.31. The van der Waals surface area contributed by atoms with E-state index in [-0.39, 0.29) is 0 Å². The van der Waals surface area contributed by atoms with E-state index in [4.69, 9.17) is 0 Å². The van der Waals surface area contributed by atoms with Crippen molar-refractivity contribution in [2.75, 3.05) is 5.75 Å². The van der Waals surface area contributed by atoms with E-state index < -0.39 is 0 Å². The third kappa shape index (κ3) is 2.72. The number of thiol groups is 1. The van der Waals surface area contributed by atoms with Gasteiger partial charge in [-0.25, -0.2) is 9.67 Å². The van der Waals surface area contributed by atoms with Gasteiger partial charge in [0.05, 0.1) is 0 Å². The quantitative estimate of drug-likeness (QED) is 0.750. The lowest BCUT2D eigenvalue weighted by Gasteiger charge is -2.11. The van der Waals surface area contributed by atoms with Crippen LogP contribution in [0.5, 0.6) is 0 Å². The van der Waals surface area contributed by atoms with Gasteiger partial charge >= 0.3 is 0 Å². The summed E-state index contributed by atoms with van der Waals surface area (Å²) in [7, 11) is 0. The molecule has 0 N–H and O–H groups in total. The van der Waals surface area contributed by atoms with Crippen LogP contribution in [0.15, 0.2) is 0 Å². The van der Waals surface area contributed by atoms with Gasteiger partial charge in [0.25, 0.3) is 0 Å². The lowest BCUT2D eigenvalue weighted by atomic mass is 10.1. The molecule has 0 bridgehead atoms. The molecule has 3 nitrogen and oxygen atoms in total. The molecule has 1 unspecified atom stereocenters. The zero-order valence-corrected chi connectivity index (χ0v) is 9.38. The van der Waals surface area contributed by atoms with Gasteiger partial charge in [-0.3, -0.25) is 0 Å². The largest absolute Gasteiger partial charge is 0.250 e. The van der Waals surface area contributed by atoms with Gasteiger partial charge in [-0.2, -0.15) is 17.7 Å². The molecule has 1 heterocycles. The highest BCUT2D eigenvalue weighted by Gasteiger charge is 2.08. The highest BCUT2D eigenvalue weighted by atomic mass is 32.1. The summed E-state index contributed by atoms with van der Waals surface area (Å²) in [5.74, 6) is 3.36. The minimum Gasteiger partial charge on any atom is -0.250 e. The molecule has 0 fully saturated rings. The molecular weight excluding hydrogens is 182 g/mol. The maximum absolute atomic E-state index is 4.32. The van der Waals surface area contributed by atoms with E-state index in [1.54, 1.807) is 0 Å². The average Bonchev–Trinajstić information content (AvgIpc) is 2.41. The molecule has 0 saturated heterocycles. The average molecular weight is 199 g/mol. The highest BCUT2D eigenvalue weighted by Crippen LogP contribution is 2.09. The molecule has 0 amide bonds. The summed E-state index contributed by atoms with van der Waals surface area (Å²) in [4.78, 5) is 4.26. The molecule has 0 aliphatic carbocycles. The molecule has 4 heteroatoms. The molecule has 74 valence electrons. The van der Waals surface area contributed by atoms with E-state index in [9.17, 15) is 0 Å². The lowest BCUT2D eigenvalue weighted by molar-refractivity contribution is 0.437. The highest BCUT2D eigenvalue weighted by molar-refractivity contribution is 7.80. The Morgan fingerprint density at radius 3 is 2.54 bits per heavy atom. The number of nitrogens with zero attached hydrogens (tertiary/aromatic N) is 3. The fourth-order valence-electron chi connectivity index (χ4n) is 1.29. The minimum atomic E-state index is 0.600. The molecule has 13 heavy (non-hydrogen) atoms. The van der Waals surface area contributed by atoms with Gasteiger partial charge in [0, 0.05) is 6.54 Å². The Hall–Kier alpha value is -0.510. The number of rotatable bonds is 4. The Bertz CT molecular complexity index is 266. The zero-order valence-electron chi connectivity index (χ0n) is 8.49. The van der Waals surface area contributed by atoms with Crippen molar-refractivity contribution in [3.8, 4) is 0 Å². The molecule has 0 aliphatic rings. The Kier molecular flexibility index (Phi) is 3.78. The molecule has 1 aromatic rings. The normalized spacial score (nSPS) is 13.2. The van der Waals surface area contributed by atoms with Crippen molar-refractivity contribution in [3.63, 3.8) is 0 Å². The van der Waals surface area contributed by atoms with Gasteiger partial charge in [0.1, 0.15) is 11.6 Å². The summed E-state index contributed by atoms with van der Waals surface area (Å²) in [6.07, 6.45) is 1.14. The molecule has 0 saturated carbocycles. The second kappa shape index (κ2) is 4.65. The van der Waals surface area contributed by atoms with Crippen LogP contribution in [0.2, 0.25) is 0 Å². The maximum atomic E-state index is 4.32. The summed E-state index contributed by atoms with van der Waals surface area (Å²) in [6.45, 7) is 7.03. The van der Waals surface area contributed by atoms with Crippen LogP contribution in [0.3, 0.4) is 0 Å². The first-order chi connectivity index (χ1) is 6.17.